The Bertz CT molecular complexity index is 535. The zero-order chi connectivity index (χ0) is 16.8. The third-order valence-corrected chi connectivity index (χ3v) is 4.00. The fraction of sp³-hybridized carbons (Fsp3) is 0.529. The maximum absolute atomic E-state index is 12.6. The van der Waals surface area contributed by atoms with Gasteiger partial charge in [-0.3, -0.25) is 9.59 Å². The second-order valence-corrected chi connectivity index (χ2v) is 5.66. The third-order valence-electron chi connectivity index (χ3n) is 3.77. The van der Waals surface area contributed by atoms with Crippen LogP contribution in [0, 0.1) is 12.3 Å². The van der Waals surface area contributed by atoms with Crippen molar-refractivity contribution in [2.75, 3.05) is 6.61 Å². The molecule has 0 spiro atoms. The summed E-state index contributed by atoms with van der Waals surface area (Å²) in [6.07, 6.45) is 1.37. The van der Waals surface area contributed by atoms with Gasteiger partial charge in [-0.15, -0.1) is 0 Å². The van der Waals surface area contributed by atoms with Crippen molar-refractivity contribution in [1.29, 1.82) is 0 Å². The molecule has 22 heavy (non-hydrogen) atoms. The lowest BCUT2D eigenvalue weighted by atomic mass is 9.82. The van der Waals surface area contributed by atoms with Crippen molar-refractivity contribution < 1.29 is 19.1 Å². The number of benzene rings is 1. The molecule has 0 N–H and O–H groups in total. The van der Waals surface area contributed by atoms with Crippen LogP contribution in [0.25, 0.3) is 0 Å². The highest BCUT2D eigenvalue weighted by Gasteiger charge is 2.46. The van der Waals surface area contributed by atoms with Crippen molar-refractivity contribution in [2.24, 2.45) is 5.41 Å². The standard InChI is InChI=1S/C17H23ClO4/c1-5-10-21-15(19)17(6-2,7-3)16(20)22-14-9-8-13(18)11-12(14)4/h8-9,11H,5-7,10H2,1-4H3. The number of halogens is 1. The lowest BCUT2D eigenvalue weighted by Gasteiger charge is -2.27. The van der Waals surface area contributed by atoms with Crippen molar-refractivity contribution >= 4 is 23.5 Å². The Hall–Kier alpha value is -1.55. The Kier molecular flexibility index (Phi) is 6.88. The summed E-state index contributed by atoms with van der Waals surface area (Å²) in [7, 11) is 0. The Morgan fingerprint density at radius 3 is 2.27 bits per heavy atom. The minimum atomic E-state index is -1.26. The molecule has 0 saturated carbocycles. The molecule has 0 unspecified atom stereocenters. The molecule has 0 bridgehead atoms. The minimum Gasteiger partial charge on any atom is -0.465 e. The van der Waals surface area contributed by atoms with E-state index in [2.05, 4.69) is 0 Å². The summed E-state index contributed by atoms with van der Waals surface area (Å²) < 4.78 is 10.6. The van der Waals surface area contributed by atoms with Gasteiger partial charge in [0, 0.05) is 5.02 Å². The van der Waals surface area contributed by atoms with E-state index in [1.165, 1.54) is 0 Å². The topological polar surface area (TPSA) is 52.6 Å². The Labute approximate surface area is 136 Å². The molecule has 0 fully saturated rings. The summed E-state index contributed by atoms with van der Waals surface area (Å²) in [4.78, 5) is 24.9. The minimum absolute atomic E-state index is 0.299. The molecule has 5 heteroatoms. The van der Waals surface area contributed by atoms with E-state index in [1.54, 1.807) is 39.0 Å². The molecule has 0 aromatic heterocycles. The van der Waals surface area contributed by atoms with Gasteiger partial charge < -0.3 is 9.47 Å². The summed E-state index contributed by atoms with van der Waals surface area (Å²) in [6, 6.07) is 4.98. The maximum Gasteiger partial charge on any atom is 0.328 e. The first-order valence-electron chi connectivity index (χ1n) is 7.56. The first-order valence-corrected chi connectivity index (χ1v) is 7.94. The van der Waals surface area contributed by atoms with Crippen LogP contribution >= 0.6 is 11.6 Å². The van der Waals surface area contributed by atoms with Gasteiger partial charge in [0.2, 0.25) is 0 Å². The second kappa shape index (κ2) is 8.18. The monoisotopic (exact) mass is 326 g/mol. The quantitative estimate of drug-likeness (QED) is 0.425. The Balaban J connectivity index is 3.00. The van der Waals surface area contributed by atoms with Crippen molar-refractivity contribution in [3.8, 4) is 5.75 Å². The van der Waals surface area contributed by atoms with Crippen LogP contribution in [0.3, 0.4) is 0 Å². The highest BCUT2D eigenvalue weighted by molar-refractivity contribution is 6.30. The molecule has 4 nitrogen and oxygen atoms in total. The highest BCUT2D eigenvalue weighted by atomic mass is 35.5. The zero-order valence-electron chi connectivity index (χ0n) is 13.6. The predicted molar refractivity (Wildman–Crippen MR) is 86.1 cm³/mol. The zero-order valence-corrected chi connectivity index (χ0v) is 14.3. The second-order valence-electron chi connectivity index (χ2n) is 5.22. The van der Waals surface area contributed by atoms with Crippen LogP contribution in [0.15, 0.2) is 18.2 Å². The van der Waals surface area contributed by atoms with Crippen molar-refractivity contribution in [2.45, 2.75) is 47.0 Å². The van der Waals surface area contributed by atoms with E-state index in [1.807, 2.05) is 6.92 Å². The molecule has 0 heterocycles. The molecule has 1 rings (SSSR count). The van der Waals surface area contributed by atoms with Crippen molar-refractivity contribution in [3.63, 3.8) is 0 Å². The van der Waals surface area contributed by atoms with Crippen LogP contribution in [0.1, 0.15) is 45.6 Å². The number of hydrogen-bond donors (Lipinski definition) is 0. The predicted octanol–water partition coefficient (Wildman–Crippen LogP) is 4.31. The number of ether oxygens (including phenoxy) is 2. The Morgan fingerprint density at radius 1 is 1.14 bits per heavy atom. The van der Waals surface area contributed by atoms with Crippen LogP contribution in [-0.2, 0) is 14.3 Å². The summed E-state index contributed by atoms with van der Waals surface area (Å²) in [6.45, 7) is 7.57. The fourth-order valence-corrected chi connectivity index (χ4v) is 2.40. The van der Waals surface area contributed by atoms with E-state index in [9.17, 15) is 9.59 Å². The third kappa shape index (κ3) is 4.01. The maximum atomic E-state index is 12.6. The number of hydrogen-bond acceptors (Lipinski definition) is 4. The molecule has 0 atom stereocenters. The van der Waals surface area contributed by atoms with Gasteiger partial charge in [0.1, 0.15) is 5.75 Å². The molecule has 122 valence electrons. The number of esters is 2. The molecule has 0 aliphatic rings. The van der Waals surface area contributed by atoms with Crippen LogP contribution < -0.4 is 4.74 Å². The van der Waals surface area contributed by atoms with Crippen LogP contribution in [0.4, 0.5) is 0 Å². The average molecular weight is 327 g/mol. The van der Waals surface area contributed by atoms with E-state index in [0.717, 1.165) is 5.56 Å². The van der Waals surface area contributed by atoms with Gasteiger partial charge in [0.15, 0.2) is 5.41 Å². The number of aryl methyl sites for hydroxylation is 1. The van der Waals surface area contributed by atoms with E-state index in [0.29, 0.717) is 36.6 Å². The highest BCUT2D eigenvalue weighted by Crippen LogP contribution is 2.32. The first-order chi connectivity index (χ1) is 10.4. The number of carbonyl (C=O) groups excluding carboxylic acids is 2. The first kappa shape index (κ1) is 18.5. The van der Waals surface area contributed by atoms with Gasteiger partial charge in [-0.1, -0.05) is 32.4 Å². The van der Waals surface area contributed by atoms with Crippen molar-refractivity contribution in [3.05, 3.63) is 28.8 Å². The average Bonchev–Trinajstić information content (AvgIpc) is 2.49. The lowest BCUT2D eigenvalue weighted by molar-refractivity contribution is -0.168. The van der Waals surface area contributed by atoms with Gasteiger partial charge in [-0.05, 0) is 49.9 Å². The summed E-state index contributed by atoms with van der Waals surface area (Å²) in [5.74, 6) is -0.691. The largest absolute Gasteiger partial charge is 0.465 e. The van der Waals surface area contributed by atoms with Crippen LogP contribution in [0.2, 0.25) is 5.02 Å². The van der Waals surface area contributed by atoms with E-state index in [-0.39, 0.29) is 0 Å². The van der Waals surface area contributed by atoms with E-state index < -0.39 is 17.4 Å². The normalized spacial score (nSPS) is 11.1. The van der Waals surface area contributed by atoms with Crippen LogP contribution in [0.5, 0.6) is 5.75 Å². The molecule has 0 amide bonds. The molecule has 1 aromatic carbocycles. The number of carbonyl (C=O) groups is 2. The van der Waals surface area contributed by atoms with Crippen LogP contribution in [-0.4, -0.2) is 18.5 Å². The fourth-order valence-electron chi connectivity index (χ4n) is 2.17. The molecule has 0 saturated heterocycles. The van der Waals surface area contributed by atoms with Gasteiger partial charge in [-0.2, -0.15) is 0 Å². The van der Waals surface area contributed by atoms with Gasteiger partial charge >= 0.3 is 11.9 Å². The summed E-state index contributed by atoms with van der Waals surface area (Å²) in [5.41, 5.74) is -0.523. The van der Waals surface area contributed by atoms with E-state index >= 15 is 0 Å². The summed E-state index contributed by atoms with van der Waals surface area (Å²) in [5, 5.41) is 0.567. The molecule has 0 radical (unpaired) electrons. The summed E-state index contributed by atoms with van der Waals surface area (Å²) >= 11 is 5.89. The van der Waals surface area contributed by atoms with Gasteiger partial charge in [0.05, 0.1) is 6.61 Å². The molecular weight excluding hydrogens is 304 g/mol. The van der Waals surface area contributed by atoms with Gasteiger partial charge in [-0.25, -0.2) is 0 Å². The Morgan fingerprint density at radius 2 is 1.77 bits per heavy atom. The molecule has 1 aromatic rings. The number of rotatable bonds is 7. The van der Waals surface area contributed by atoms with E-state index in [4.69, 9.17) is 21.1 Å². The SMILES string of the molecule is CCCOC(=O)C(CC)(CC)C(=O)Oc1ccc(Cl)cc1C. The molecule has 0 aliphatic heterocycles. The molecule has 0 aliphatic carbocycles. The van der Waals surface area contributed by atoms with Crippen molar-refractivity contribution in [1.82, 2.24) is 0 Å². The lowest BCUT2D eigenvalue weighted by Crippen LogP contribution is -2.42. The van der Waals surface area contributed by atoms with Gasteiger partial charge in [0.25, 0.3) is 0 Å². The smallest absolute Gasteiger partial charge is 0.328 e. The molecular formula is C17H23ClO4.